The van der Waals surface area contributed by atoms with Crippen molar-refractivity contribution in [3.63, 3.8) is 0 Å². The minimum Gasteiger partial charge on any atom is -0.326 e. The predicted octanol–water partition coefficient (Wildman–Crippen LogP) is 3.54. The highest BCUT2D eigenvalue weighted by Crippen LogP contribution is 2.22. The van der Waals surface area contributed by atoms with Gasteiger partial charge in [0, 0.05) is 17.9 Å². The van der Waals surface area contributed by atoms with Crippen LogP contribution in [0, 0.1) is 20.8 Å². The van der Waals surface area contributed by atoms with Crippen LogP contribution in [0.25, 0.3) is 0 Å². The van der Waals surface area contributed by atoms with Gasteiger partial charge in [-0.05, 0) is 56.5 Å². The maximum Gasteiger partial charge on any atom is 0.319 e. The fourth-order valence-electron chi connectivity index (χ4n) is 3.00. The Morgan fingerprint density at radius 1 is 1.08 bits per heavy atom. The number of hydrogen-bond donors (Lipinski definition) is 2. The Kier molecular flexibility index (Phi) is 4.74. The van der Waals surface area contributed by atoms with Crippen LogP contribution in [0.5, 0.6) is 0 Å². The summed E-state index contributed by atoms with van der Waals surface area (Å²) < 4.78 is 0. The van der Waals surface area contributed by atoms with Gasteiger partial charge in [0.05, 0.1) is 0 Å². The molecule has 0 aromatic heterocycles. The van der Waals surface area contributed by atoms with Gasteiger partial charge in [-0.3, -0.25) is 4.79 Å². The van der Waals surface area contributed by atoms with Crippen LogP contribution in [-0.2, 0) is 4.79 Å². The van der Waals surface area contributed by atoms with E-state index < -0.39 is 6.04 Å². The maximum absolute atomic E-state index is 12.6. The van der Waals surface area contributed by atoms with E-state index in [-0.39, 0.29) is 11.9 Å². The number of hydrogen-bond acceptors (Lipinski definition) is 2. The molecule has 1 heterocycles. The molecular weight excluding hydrogens is 314 g/mol. The minimum atomic E-state index is -0.494. The molecule has 1 aliphatic heterocycles. The molecule has 0 spiro atoms. The topological polar surface area (TPSA) is 61.4 Å². The quantitative estimate of drug-likeness (QED) is 0.900. The molecule has 0 radical (unpaired) electrons. The molecule has 130 valence electrons. The van der Waals surface area contributed by atoms with Crippen molar-refractivity contribution in [1.29, 1.82) is 0 Å². The number of carbonyl (C=O) groups is 2. The minimum absolute atomic E-state index is 0.0695. The van der Waals surface area contributed by atoms with E-state index in [0.29, 0.717) is 13.0 Å². The molecule has 1 fully saturated rings. The molecule has 0 saturated carbocycles. The Morgan fingerprint density at radius 3 is 2.52 bits per heavy atom. The van der Waals surface area contributed by atoms with Gasteiger partial charge in [-0.1, -0.05) is 29.8 Å². The molecule has 1 atom stereocenters. The van der Waals surface area contributed by atoms with Crippen molar-refractivity contribution in [1.82, 2.24) is 5.32 Å². The lowest BCUT2D eigenvalue weighted by atomic mass is 10.1. The molecule has 1 saturated heterocycles. The number of nitrogens with zero attached hydrogens (tertiary/aromatic N) is 1. The van der Waals surface area contributed by atoms with Crippen LogP contribution >= 0.6 is 0 Å². The van der Waals surface area contributed by atoms with Crippen molar-refractivity contribution in [3.05, 3.63) is 59.2 Å². The highest BCUT2D eigenvalue weighted by Gasteiger charge is 2.33. The summed E-state index contributed by atoms with van der Waals surface area (Å²) in [6.45, 7) is 6.58. The normalized spacial score (nSPS) is 16.8. The molecule has 2 aromatic rings. The molecule has 0 bridgehead atoms. The van der Waals surface area contributed by atoms with Crippen LogP contribution in [0.15, 0.2) is 42.5 Å². The molecule has 25 heavy (non-hydrogen) atoms. The average Bonchev–Trinajstić information content (AvgIpc) is 2.93. The summed E-state index contributed by atoms with van der Waals surface area (Å²) in [5.41, 5.74) is 4.92. The average molecular weight is 337 g/mol. The van der Waals surface area contributed by atoms with Gasteiger partial charge >= 0.3 is 6.03 Å². The van der Waals surface area contributed by atoms with E-state index >= 15 is 0 Å². The van der Waals surface area contributed by atoms with Crippen molar-refractivity contribution in [3.8, 4) is 0 Å². The maximum atomic E-state index is 12.6. The number of anilines is 2. The van der Waals surface area contributed by atoms with Crippen molar-refractivity contribution in [2.45, 2.75) is 33.2 Å². The van der Waals surface area contributed by atoms with E-state index in [0.717, 1.165) is 28.1 Å². The standard InChI is InChI=1S/C20H23N3O2/c1-13-7-9-16(10-8-13)23-12-11-18(19(23)24)22-20(25)21-17-6-4-5-14(2)15(17)3/h4-10,18H,11-12H2,1-3H3,(H2,21,22,25)/t18-/m0/s1. The number of rotatable bonds is 3. The Bertz CT molecular complexity index is 799. The van der Waals surface area contributed by atoms with Crippen LogP contribution in [-0.4, -0.2) is 24.5 Å². The van der Waals surface area contributed by atoms with E-state index in [4.69, 9.17) is 0 Å². The number of nitrogens with one attached hydrogen (secondary N) is 2. The number of urea groups is 1. The number of benzene rings is 2. The number of aryl methyl sites for hydroxylation is 2. The molecule has 2 aromatic carbocycles. The second-order valence-corrected chi connectivity index (χ2v) is 6.51. The first kappa shape index (κ1) is 17.0. The summed E-state index contributed by atoms with van der Waals surface area (Å²) in [4.78, 5) is 26.6. The van der Waals surface area contributed by atoms with E-state index in [1.54, 1.807) is 4.90 Å². The zero-order valence-electron chi connectivity index (χ0n) is 14.8. The summed E-state index contributed by atoms with van der Waals surface area (Å²) in [6, 6.07) is 12.8. The summed E-state index contributed by atoms with van der Waals surface area (Å²) in [7, 11) is 0. The molecule has 5 nitrogen and oxygen atoms in total. The summed E-state index contributed by atoms with van der Waals surface area (Å²) in [5.74, 6) is -0.0695. The predicted molar refractivity (Wildman–Crippen MR) is 100 cm³/mol. The van der Waals surface area contributed by atoms with Crippen LogP contribution in [0.2, 0.25) is 0 Å². The third kappa shape index (κ3) is 3.65. The lowest BCUT2D eigenvalue weighted by Crippen LogP contribution is -2.43. The Hall–Kier alpha value is -2.82. The largest absolute Gasteiger partial charge is 0.326 e. The van der Waals surface area contributed by atoms with Crippen molar-refractivity contribution in [2.24, 2.45) is 0 Å². The number of carbonyl (C=O) groups excluding carboxylic acids is 2. The smallest absolute Gasteiger partial charge is 0.319 e. The molecule has 5 heteroatoms. The van der Waals surface area contributed by atoms with E-state index in [1.165, 1.54) is 0 Å². The highest BCUT2D eigenvalue weighted by molar-refractivity contribution is 6.02. The van der Waals surface area contributed by atoms with E-state index in [2.05, 4.69) is 10.6 Å². The molecular formula is C20H23N3O2. The van der Waals surface area contributed by atoms with Gasteiger partial charge < -0.3 is 15.5 Å². The lowest BCUT2D eigenvalue weighted by Gasteiger charge is -2.18. The van der Waals surface area contributed by atoms with E-state index in [1.807, 2.05) is 63.2 Å². The first-order valence-corrected chi connectivity index (χ1v) is 8.47. The van der Waals surface area contributed by atoms with Gasteiger partial charge in [-0.25, -0.2) is 4.79 Å². The Balaban J connectivity index is 1.63. The summed E-state index contributed by atoms with van der Waals surface area (Å²) >= 11 is 0. The highest BCUT2D eigenvalue weighted by atomic mass is 16.2. The van der Waals surface area contributed by atoms with Crippen LogP contribution in [0.4, 0.5) is 16.2 Å². The van der Waals surface area contributed by atoms with Crippen molar-refractivity contribution < 1.29 is 9.59 Å². The van der Waals surface area contributed by atoms with Gasteiger partial charge in [0.2, 0.25) is 5.91 Å². The third-order valence-corrected chi connectivity index (χ3v) is 4.71. The zero-order valence-corrected chi connectivity index (χ0v) is 14.8. The second-order valence-electron chi connectivity index (χ2n) is 6.51. The Morgan fingerprint density at radius 2 is 1.80 bits per heavy atom. The van der Waals surface area contributed by atoms with E-state index in [9.17, 15) is 9.59 Å². The first-order valence-electron chi connectivity index (χ1n) is 8.47. The van der Waals surface area contributed by atoms with Crippen LogP contribution in [0.1, 0.15) is 23.1 Å². The molecule has 3 amide bonds. The molecule has 0 aliphatic carbocycles. The monoisotopic (exact) mass is 337 g/mol. The zero-order chi connectivity index (χ0) is 18.0. The van der Waals surface area contributed by atoms with Crippen LogP contribution in [0.3, 0.4) is 0 Å². The number of amides is 3. The summed E-state index contributed by atoms with van der Waals surface area (Å²) in [5, 5.41) is 5.63. The molecule has 3 rings (SSSR count). The fraction of sp³-hybridized carbons (Fsp3) is 0.300. The molecule has 0 unspecified atom stereocenters. The Labute approximate surface area is 148 Å². The van der Waals surface area contributed by atoms with Crippen molar-refractivity contribution >= 4 is 23.3 Å². The van der Waals surface area contributed by atoms with Gasteiger partial charge in [-0.2, -0.15) is 0 Å². The molecule has 1 aliphatic rings. The third-order valence-electron chi connectivity index (χ3n) is 4.71. The van der Waals surface area contributed by atoms with Gasteiger partial charge in [0.25, 0.3) is 0 Å². The SMILES string of the molecule is Cc1ccc(N2CC[C@H](NC(=O)Nc3cccc(C)c3C)C2=O)cc1. The second kappa shape index (κ2) is 6.97. The fourth-order valence-corrected chi connectivity index (χ4v) is 3.00. The van der Waals surface area contributed by atoms with Gasteiger partial charge in [0.15, 0.2) is 0 Å². The first-order chi connectivity index (χ1) is 12.0. The van der Waals surface area contributed by atoms with Gasteiger partial charge in [-0.15, -0.1) is 0 Å². The van der Waals surface area contributed by atoms with Crippen LogP contribution < -0.4 is 15.5 Å². The van der Waals surface area contributed by atoms with Crippen molar-refractivity contribution in [2.75, 3.05) is 16.8 Å². The molecule has 2 N–H and O–H groups in total. The lowest BCUT2D eigenvalue weighted by molar-refractivity contribution is -0.118. The van der Waals surface area contributed by atoms with Gasteiger partial charge in [0.1, 0.15) is 6.04 Å². The summed E-state index contributed by atoms with van der Waals surface area (Å²) in [6.07, 6.45) is 0.604.